The highest BCUT2D eigenvalue weighted by Gasteiger charge is 2.13. The number of aromatic nitrogens is 2. The summed E-state index contributed by atoms with van der Waals surface area (Å²) in [4.78, 5) is 30.0. The van der Waals surface area contributed by atoms with Crippen molar-refractivity contribution in [3.8, 4) is 0 Å². The molecule has 1 aromatic heterocycles. The Kier molecular flexibility index (Phi) is 8.51. The SMILES string of the molecule is CC(C)OCCCn1c(SCC(=O)NCc2cccc(Cl)c2)nc2ccccc2c1=O. The number of hydrogen-bond donors (Lipinski definition) is 1. The zero-order valence-corrected chi connectivity index (χ0v) is 19.2. The molecule has 2 aromatic carbocycles. The molecule has 164 valence electrons. The van der Waals surface area contributed by atoms with Gasteiger partial charge in [-0.1, -0.05) is 47.6 Å². The smallest absolute Gasteiger partial charge is 0.262 e. The fraction of sp³-hybridized carbons (Fsp3) is 0.348. The Morgan fingerprint density at radius 2 is 2.03 bits per heavy atom. The molecule has 0 bridgehead atoms. The van der Waals surface area contributed by atoms with Crippen molar-refractivity contribution >= 4 is 40.2 Å². The van der Waals surface area contributed by atoms with Crippen LogP contribution in [0.4, 0.5) is 0 Å². The van der Waals surface area contributed by atoms with Gasteiger partial charge in [-0.3, -0.25) is 14.2 Å². The lowest BCUT2D eigenvalue weighted by Crippen LogP contribution is -2.27. The molecule has 0 aliphatic carbocycles. The van der Waals surface area contributed by atoms with Crippen molar-refractivity contribution in [3.63, 3.8) is 0 Å². The molecule has 0 saturated carbocycles. The topological polar surface area (TPSA) is 73.2 Å². The minimum atomic E-state index is -0.137. The Labute approximate surface area is 191 Å². The largest absolute Gasteiger partial charge is 0.379 e. The summed E-state index contributed by atoms with van der Waals surface area (Å²) in [7, 11) is 0. The normalized spacial score (nSPS) is 11.2. The second-order valence-corrected chi connectivity index (χ2v) is 8.72. The van der Waals surface area contributed by atoms with Gasteiger partial charge in [0, 0.05) is 24.7 Å². The number of fused-ring (bicyclic) bond motifs is 1. The maximum Gasteiger partial charge on any atom is 0.262 e. The van der Waals surface area contributed by atoms with Crippen LogP contribution >= 0.6 is 23.4 Å². The second kappa shape index (κ2) is 11.3. The van der Waals surface area contributed by atoms with Crippen LogP contribution in [-0.4, -0.2) is 33.9 Å². The lowest BCUT2D eigenvalue weighted by molar-refractivity contribution is -0.118. The second-order valence-electron chi connectivity index (χ2n) is 7.34. The molecule has 0 aliphatic heterocycles. The first-order valence-corrected chi connectivity index (χ1v) is 11.6. The number of para-hydroxylation sites is 1. The van der Waals surface area contributed by atoms with Crippen molar-refractivity contribution in [2.45, 2.75) is 44.6 Å². The van der Waals surface area contributed by atoms with Crippen LogP contribution < -0.4 is 10.9 Å². The molecular formula is C23H26ClN3O3S. The molecule has 8 heteroatoms. The van der Waals surface area contributed by atoms with Crippen molar-refractivity contribution in [1.82, 2.24) is 14.9 Å². The van der Waals surface area contributed by atoms with Gasteiger partial charge >= 0.3 is 0 Å². The molecule has 1 amide bonds. The number of nitrogens with zero attached hydrogens (tertiary/aromatic N) is 2. The average molecular weight is 460 g/mol. The Morgan fingerprint density at radius 1 is 1.23 bits per heavy atom. The number of carbonyl (C=O) groups is 1. The van der Waals surface area contributed by atoms with Gasteiger partial charge in [-0.05, 0) is 50.1 Å². The lowest BCUT2D eigenvalue weighted by atomic mass is 10.2. The number of amides is 1. The van der Waals surface area contributed by atoms with E-state index in [1.807, 2.05) is 50.2 Å². The molecule has 0 radical (unpaired) electrons. The van der Waals surface area contributed by atoms with Crippen LogP contribution in [0.5, 0.6) is 0 Å². The minimum Gasteiger partial charge on any atom is -0.379 e. The predicted molar refractivity (Wildman–Crippen MR) is 126 cm³/mol. The van der Waals surface area contributed by atoms with E-state index in [-0.39, 0.29) is 23.3 Å². The van der Waals surface area contributed by atoms with Gasteiger partial charge in [-0.2, -0.15) is 0 Å². The molecule has 6 nitrogen and oxygen atoms in total. The van der Waals surface area contributed by atoms with Crippen LogP contribution in [0.25, 0.3) is 10.9 Å². The summed E-state index contributed by atoms with van der Waals surface area (Å²) >= 11 is 7.24. The lowest BCUT2D eigenvalue weighted by Gasteiger charge is -2.14. The van der Waals surface area contributed by atoms with Gasteiger partial charge in [0.2, 0.25) is 5.91 Å². The number of nitrogens with one attached hydrogen (secondary N) is 1. The Morgan fingerprint density at radius 3 is 2.81 bits per heavy atom. The first-order valence-electron chi connectivity index (χ1n) is 10.2. The van der Waals surface area contributed by atoms with E-state index in [4.69, 9.17) is 16.3 Å². The number of ether oxygens (including phenoxy) is 1. The monoisotopic (exact) mass is 459 g/mol. The number of carbonyl (C=O) groups excluding carboxylic acids is 1. The molecule has 0 unspecified atom stereocenters. The summed E-state index contributed by atoms with van der Waals surface area (Å²) < 4.78 is 7.24. The molecule has 0 aliphatic rings. The van der Waals surface area contributed by atoms with E-state index < -0.39 is 0 Å². The molecule has 1 N–H and O–H groups in total. The van der Waals surface area contributed by atoms with Gasteiger partial charge in [0.05, 0.1) is 22.8 Å². The summed E-state index contributed by atoms with van der Waals surface area (Å²) in [6.45, 7) is 5.39. The van der Waals surface area contributed by atoms with Crippen LogP contribution in [0.1, 0.15) is 25.8 Å². The number of rotatable bonds is 10. The Balaban J connectivity index is 1.69. The van der Waals surface area contributed by atoms with Gasteiger partial charge in [-0.15, -0.1) is 0 Å². The van der Waals surface area contributed by atoms with Crippen LogP contribution in [0.15, 0.2) is 58.5 Å². The Hall–Kier alpha value is -2.35. The number of thioether (sulfide) groups is 1. The van der Waals surface area contributed by atoms with Crippen LogP contribution in [0.2, 0.25) is 5.02 Å². The summed E-state index contributed by atoms with van der Waals surface area (Å²) in [5, 5.41) is 4.62. The maximum atomic E-state index is 13.0. The van der Waals surface area contributed by atoms with E-state index in [2.05, 4.69) is 10.3 Å². The molecule has 3 rings (SSSR count). The summed E-state index contributed by atoms with van der Waals surface area (Å²) in [5.74, 6) is 0.0236. The van der Waals surface area contributed by atoms with E-state index >= 15 is 0 Å². The van der Waals surface area contributed by atoms with Crippen molar-refractivity contribution in [1.29, 1.82) is 0 Å². The van der Waals surface area contributed by atoms with Crippen molar-refractivity contribution in [2.24, 2.45) is 0 Å². The van der Waals surface area contributed by atoms with Crippen LogP contribution in [0, 0.1) is 0 Å². The third-order valence-electron chi connectivity index (χ3n) is 4.51. The molecule has 0 saturated heterocycles. The van der Waals surface area contributed by atoms with Gasteiger partial charge < -0.3 is 10.1 Å². The van der Waals surface area contributed by atoms with E-state index in [0.29, 0.717) is 47.2 Å². The summed E-state index contributed by atoms with van der Waals surface area (Å²) in [5.41, 5.74) is 1.46. The zero-order chi connectivity index (χ0) is 22.2. The molecule has 31 heavy (non-hydrogen) atoms. The molecule has 0 fully saturated rings. The van der Waals surface area contributed by atoms with E-state index in [0.717, 1.165) is 5.56 Å². The first kappa shape index (κ1) is 23.3. The van der Waals surface area contributed by atoms with Crippen LogP contribution in [-0.2, 0) is 22.6 Å². The zero-order valence-electron chi connectivity index (χ0n) is 17.6. The third kappa shape index (κ3) is 6.82. The standard InChI is InChI=1S/C23H26ClN3O3S/c1-16(2)30-12-6-11-27-22(29)19-9-3-4-10-20(19)26-23(27)31-15-21(28)25-14-17-7-5-8-18(24)13-17/h3-5,7-10,13,16H,6,11-12,14-15H2,1-2H3,(H,25,28). The molecule has 0 atom stereocenters. The average Bonchev–Trinajstić information content (AvgIpc) is 2.75. The highest BCUT2D eigenvalue weighted by atomic mass is 35.5. The molecule has 3 aromatic rings. The highest BCUT2D eigenvalue weighted by molar-refractivity contribution is 7.99. The fourth-order valence-electron chi connectivity index (χ4n) is 3.03. The van der Waals surface area contributed by atoms with Crippen molar-refractivity contribution in [3.05, 3.63) is 69.5 Å². The van der Waals surface area contributed by atoms with E-state index in [1.54, 1.807) is 16.7 Å². The van der Waals surface area contributed by atoms with Crippen molar-refractivity contribution in [2.75, 3.05) is 12.4 Å². The van der Waals surface area contributed by atoms with Crippen LogP contribution in [0.3, 0.4) is 0 Å². The van der Waals surface area contributed by atoms with Gasteiger partial charge in [0.15, 0.2) is 5.16 Å². The third-order valence-corrected chi connectivity index (χ3v) is 5.73. The fourth-order valence-corrected chi connectivity index (χ4v) is 4.09. The summed E-state index contributed by atoms with van der Waals surface area (Å²) in [6.07, 6.45) is 0.829. The maximum absolute atomic E-state index is 13.0. The van der Waals surface area contributed by atoms with E-state index in [1.165, 1.54) is 11.8 Å². The molecule has 1 heterocycles. The van der Waals surface area contributed by atoms with Gasteiger partial charge in [0.25, 0.3) is 5.56 Å². The molecule has 0 spiro atoms. The first-order chi connectivity index (χ1) is 14.9. The quantitative estimate of drug-likeness (QED) is 0.278. The number of hydrogen-bond acceptors (Lipinski definition) is 5. The highest BCUT2D eigenvalue weighted by Crippen LogP contribution is 2.18. The van der Waals surface area contributed by atoms with E-state index in [9.17, 15) is 9.59 Å². The molecular weight excluding hydrogens is 434 g/mol. The number of benzene rings is 2. The van der Waals surface area contributed by atoms with Gasteiger partial charge in [0.1, 0.15) is 0 Å². The summed E-state index contributed by atoms with van der Waals surface area (Å²) in [6, 6.07) is 14.6. The Bertz CT molecular complexity index is 1100. The number of halogens is 1. The van der Waals surface area contributed by atoms with Gasteiger partial charge in [-0.25, -0.2) is 4.98 Å². The predicted octanol–water partition coefficient (Wildman–Crippen LogP) is 4.27. The minimum absolute atomic E-state index is 0.100. The van der Waals surface area contributed by atoms with Crippen molar-refractivity contribution < 1.29 is 9.53 Å².